The van der Waals surface area contributed by atoms with E-state index in [4.69, 9.17) is 18.0 Å². The number of benzene rings is 2. The van der Waals surface area contributed by atoms with Crippen LogP contribution in [0.4, 0.5) is 0 Å². The summed E-state index contributed by atoms with van der Waals surface area (Å²) in [6.45, 7) is 0. The quantitative estimate of drug-likeness (QED) is 0.830. The second-order valence-corrected chi connectivity index (χ2v) is 4.70. The van der Waals surface area contributed by atoms with Crippen molar-refractivity contribution in [1.82, 2.24) is 0 Å². The van der Waals surface area contributed by atoms with Gasteiger partial charge in [-0.15, -0.1) is 6.42 Å². The molecule has 98 valence electrons. The van der Waals surface area contributed by atoms with Gasteiger partial charge in [-0.05, 0) is 29.8 Å². The van der Waals surface area contributed by atoms with Crippen LogP contribution in [0.5, 0.6) is 0 Å². The first-order chi connectivity index (χ1) is 9.70. The summed E-state index contributed by atoms with van der Waals surface area (Å²) in [6, 6.07) is 14.6. The number of terminal acetylenes is 1. The van der Waals surface area contributed by atoms with Crippen molar-refractivity contribution >= 4 is 11.6 Å². The molecule has 0 aliphatic rings. The van der Waals surface area contributed by atoms with Gasteiger partial charge in [0.25, 0.3) is 0 Å². The molecule has 2 rings (SSSR count). The molecule has 0 fully saturated rings. The summed E-state index contributed by atoms with van der Waals surface area (Å²) >= 11 is 5.88. The van der Waals surface area contributed by atoms with Crippen molar-refractivity contribution in [2.45, 2.75) is 12.5 Å². The lowest BCUT2D eigenvalue weighted by Crippen LogP contribution is -1.99. The Labute approximate surface area is 124 Å². The maximum Gasteiger partial charge on any atom is 0.0911 e. The van der Waals surface area contributed by atoms with Crippen LogP contribution in [0.2, 0.25) is 5.02 Å². The van der Waals surface area contributed by atoms with Crippen molar-refractivity contribution in [3.8, 4) is 24.2 Å². The fourth-order valence-corrected chi connectivity index (χ4v) is 2.04. The summed E-state index contributed by atoms with van der Waals surface area (Å²) in [5, 5.41) is 10.8. The van der Waals surface area contributed by atoms with E-state index in [2.05, 4.69) is 17.8 Å². The van der Waals surface area contributed by atoms with E-state index >= 15 is 0 Å². The fourth-order valence-electron chi connectivity index (χ4n) is 1.84. The molecule has 0 aliphatic carbocycles. The maximum absolute atomic E-state index is 10.1. The molecule has 2 aromatic carbocycles. The molecule has 0 amide bonds. The second kappa shape index (κ2) is 6.83. The van der Waals surface area contributed by atoms with Crippen LogP contribution in [-0.2, 0) is 0 Å². The third-order valence-electron chi connectivity index (χ3n) is 2.83. The van der Waals surface area contributed by atoms with Crippen LogP contribution in [0.1, 0.15) is 29.2 Å². The number of hydrogen-bond donors (Lipinski definition) is 1. The van der Waals surface area contributed by atoms with Gasteiger partial charge in [-0.25, -0.2) is 0 Å². The Hall–Kier alpha value is -2.19. The van der Waals surface area contributed by atoms with E-state index in [-0.39, 0.29) is 0 Å². The van der Waals surface area contributed by atoms with Crippen molar-refractivity contribution in [3.63, 3.8) is 0 Å². The molecule has 0 radical (unpaired) electrons. The molecule has 2 heteroatoms. The molecule has 0 spiro atoms. The Morgan fingerprint density at radius 1 is 1.15 bits per heavy atom. The summed E-state index contributed by atoms with van der Waals surface area (Å²) < 4.78 is 0. The molecule has 20 heavy (non-hydrogen) atoms. The molecule has 0 bridgehead atoms. The van der Waals surface area contributed by atoms with Crippen molar-refractivity contribution in [2.75, 3.05) is 0 Å². The Bertz CT molecular complexity index is 701. The van der Waals surface area contributed by atoms with Crippen LogP contribution in [0, 0.1) is 24.2 Å². The molecule has 1 unspecified atom stereocenters. The van der Waals surface area contributed by atoms with Gasteiger partial charge in [0.2, 0.25) is 0 Å². The van der Waals surface area contributed by atoms with Crippen LogP contribution in [0.3, 0.4) is 0 Å². The van der Waals surface area contributed by atoms with E-state index in [1.807, 2.05) is 36.4 Å². The summed E-state index contributed by atoms with van der Waals surface area (Å²) in [5.74, 6) is 8.50. The van der Waals surface area contributed by atoms with Crippen molar-refractivity contribution in [2.24, 2.45) is 0 Å². The second-order valence-electron chi connectivity index (χ2n) is 4.26. The van der Waals surface area contributed by atoms with Crippen molar-refractivity contribution in [1.29, 1.82) is 0 Å². The normalized spacial score (nSPS) is 11.1. The van der Waals surface area contributed by atoms with Crippen LogP contribution >= 0.6 is 11.6 Å². The average Bonchev–Trinajstić information content (AvgIpc) is 2.47. The summed E-state index contributed by atoms with van der Waals surface area (Å²) in [7, 11) is 0. The lowest BCUT2D eigenvalue weighted by molar-refractivity contribution is 0.183. The average molecular weight is 281 g/mol. The summed E-state index contributed by atoms with van der Waals surface area (Å²) in [6.07, 6.45) is 5.05. The molecular formula is C18H13ClO. The Kier molecular flexibility index (Phi) is 4.85. The first-order valence-electron chi connectivity index (χ1n) is 6.19. The number of aliphatic hydroxyl groups is 1. The predicted octanol–water partition coefficient (Wildman–Crippen LogP) is 3.80. The highest BCUT2D eigenvalue weighted by molar-refractivity contribution is 6.30. The predicted molar refractivity (Wildman–Crippen MR) is 82.3 cm³/mol. The number of aliphatic hydroxyl groups excluding tert-OH is 1. The van der Waals surface area contributed by atoms with Crippen LogP contribution in [0.15, 0.2) is 48.5 Å². The standard InChI is InChI=1S/C18H13ClO/c1-2-15-9-3-4-11-17(15)18(20)12-6-8-14-7-5-10-16(19)13-14/h1,3-5,7,9-11,13,18,20H,12H2. The van der Waals surface area contributed by atoms with Crippen molar-refractivity contribution in [3.05, 3.63) is 70.2 Å². The monoisotopic (exact) mass is 280 g/mol. The van der Waals surface area contributed by atoms with Gasteiger partial charge in [0, 0.05) is 22.6 Å². The maximum atomic E-state index is 10.1. The molecule has 2 aromatic rings. The summed E-state index contributed by atoms with van der Waals surface area (Å²) in [5.41, 5.74) is 2.26. The Balaban J connectivity index is 2.10. The zero-order chi connectivity index (χ0) is 14.4. The van der Waals surface area contributed by atoms with Crippen LogP contribution < -0.4 is 0 Å². The SMILES string of the molecule is C#Cc1ccccc1C(O)CC#Cc1cccc(Cl)c1. The minimum Gasteiger partial charge on any atom is -0.387 e. The third kappa shape index (κ3) is 3.65. The van der Waals surface area contributed by atoms with E-state index in [0.717, 1.165) is 11.1 Å². The van der Waals surface area contributed by atoms with Crippen molar-refractivity contribution < 1.29 is 5.11 Å². The Morgan fingerprint density at radius 3 is 2.70 bits per heavy atom. The largest absolute Gasteiger partial charge is 0.387 e. The smallest absolute Gasteiger partial charge is 0.0911 e. The van der Waals surface area contributed by atoms with Gasteiger partial charge in [0.15, 0.2) is 0 Å². The van der Waals surface area contributed by atoms with Gasteiger partial charge in [-0.2, -0.15) is 0 Å². The van der Waals surface area contributed by atoms with Gasteiger partial charge in [0.05, 0.1) is 6.10 Å². The van der Waals surface area contributed by atoms with E-state index in [9.17, 15) is 5.11 Å². The summed E-state index contributed by atoms with van der Waals surface area (Å²) in [4.78, 5) is 0. The molecule has 1 atom stereocenters. The van der Waals surface area contributed by atoms with Gasteiger partial charge >= 0.3 is 0 Å². The van der Waals surface area contributed by atoms with E-state index in [0.29, 0.717) is 17.0 Å². The lowest BCUT2D eigenvalue weighted by Gasteiger charge is -2.09. The lowest BCUT2D eigenvalue weighted by atomic mass is 10.0. The Morgan fingerprint density at radius 2 is 1.95 bits per heavy atom. The molecule has 0 saturated heterocycles. The molecule has 0 aliphatic heterocycles. The third-order valence-corrected chi connectivity index (χ3v) is 3.06. The highest BCUT2D eigenvalue weighted by atomic mass is 35.5. The van der Waals surface area contributed by atoms with Gasteiger partial charge in [-0.3, -0.25) is 0 Å². The van der Waals surface area contributed by atoms with Crippen LogP contribution in [0.25, 0.3) is 0 Å². The first kappa shape index (κ1) is 14.2. The number of hydrogen-bond acceptors (Lipinski definition) is 1. The highest BCUT2D eigenvalue weighted by Gasteiger charge is 2.09. The van der Waals surface area contributed by atoms with Gasteiger partial charge < -0.3 is 5.11 Å². The molecule has 1 nitrogen and oxygen atoms in total. The minimum absolute atomic E-state index is 0.325. The fraction of sp³-hybridized carbons (Fsp3) is 0.111. The van der Waals surface area contributed by atoms with E-state index in [1.165, 1.54) is 0 Å². The van der Waals surface area contributed by atoms with E-state index < -0.39 is 6.10 Å². The van der Waals surface area contributed by atoms with Gasteiger partial charge in [0.1, 0.15) is 0 Å². The zero-order valence-electron chi connectivity index (χ0n) is 10.8. The minimum atomic E-state index is -0.686. The number of rotatable bonds is 2. The highest BCUT2D eigenvalue weighted by Crippen LogP contribution is 2.19. The first-order valence-corrected chi connectivity index (χ1v) is 6.56. The molecule has 0 aromatic heterocycles. The molecule has 0 heterocycles. The molecule has 0 saturated carbocycles. The number of halogens is 1. The van der Waals surface area contributed by atoms with E-state index in [1.54, 1.807) is 12.1 Å². The topological polar surface area (TPSA) is 20.2 Å². The van der Waals surface area contributed by atoms with Gasteiger partial charge in [-0.1, -0.05) is 53.6 Å². The van der Waals surface area contributed by atoms with Crippen LogP contribution in [-0.4, -0.2) is 5.11 Å². The zero-order valence-corrected chi connectivity index (χ0v) is 11.6. The molecular weight excluding hydrogens is 268 g/mol. The molecule has 1 N–H and O–H groups in total.